The molecule has 4 heterocycles. The molecule has 2 atom stereocenters. The van der Waals surface area contributed by atoms with Gasteiger partial charge in [-0.1, -0.05) is 0 Å². The van der Waals surface area contributed by atoms with E-state index < -0.39 is 0 Å². The van der Waals surface area contributed by atoms with Gasteiger partial charge in [-0.25, -0.2) is 4.98 Å². The maximum Gasteiger partial charge on any atom is 0.310 e. The quantitative estimate of drug-likeness (QED) is 0.732. The molecular formula is C13H15N5O3. The summed E-state index contributed by atoms with van der Waals surface area (Å²) < 4.78 is 6.64. The Labute approximate surface area is 119 Å². The van der Waals surface area contributed by atoms with E-state index in [1.807, 2.05) is 0 Å². The van der Waals surface area contributed by atoms with E-state index >= 15 is 0 Å². The number of carbonyl (C=O) groups is 1. The van der Waals surface area contributed by atoms with Crippen molar-refractivity contribution >= 4 is 17.0 Å². The predicted molar refractivity (Wildman–Crippen MR) is 72.3 cm³/mol. The van der Waals surface area contributed by atoms with Crippen LogP contribution in [0, 0.1) is 11.8 Å². The number of hydrogen-bond acceptors (Lipinski definition) is 6. The van der Waals surface area contributed by atoms with E-state index in [0.717, 1.165) is 6.54 Å². The smallest absolute Gasteiger partial charge is 0.310 e. The summed E-state index contributed by atoms with van der Waals surface area (Å²) in [5, 5.41) is 4.53. The largest absolute Gasteiger partial charge is 0.465 e. The van der Waals surface area contributed by atoms with E-state index in [0.29, 0.717) is 36.6 Å². The van der Waals surface area contributed by atoms with Crippen LogP contribution in [0.4, 0.5) is 0 Å². The van der Waals surface area contributed by atoms with Gasteiger partial charge in [0.15, 0.2) is 5.65 Å². The zero-order valence-electron chi connectivity index (χ0n) is 11.6. The molecule has 8 heteroatoms. The monoisotopic (exact) mass is 289 g/mol. The lowest BCUT2D eigenvalue weighted by Gasteiger charge is -2.15. The zero-order valence-corrected chi connectivity index (χ0v) is 11.6. The standard InChI is InChI=1S/C13H15N5O3/c1-17-11-8(2-14-17)12(19)16-10(15-11)5-18-3-7-6-21-13(20)9(7)4-18/h2,7,9H,3-6H2,1H3,(H,15,16,19)/t7-,9-/m1/s1. The Balaban J connectivity index is 1.59. The molecule has 2 aromatic rings. The van der Waals surface area contributed by atoms with Crippen molar-refractivity contribution in [2.75, 3.05) is 19.7 Å². The van der Waals surface area contributed by atoms with Crippen LogP contribution in [-0.4, -0.2) is 50.3 Å². The Morgan fingerprint density at radius 2 is 2.29 bits per heavy atom. The van der Waals surface area contributed by atoms with Crippen LogP contribution in [0.2, 0.25) is 0 Å². The first kappa shape index (κ1) is 12.5. The molecule has 0 aliphatic carbocycles. The lowest BCUT2D eigenvalue weighted by atomic mass is 10.0. The molecule has 0 saturated carbocycles. The molecule has 110 valence electrons. The summed E-state index contributed by atoms with van der Waals surface area (Å²) in [6, 6.07) is 0. The summed E-state index contributed by atoms with van der Waals surface area (Å²) in [7, 11) is 1.76. The Bertz CT molecular complexity index is 780. The summed E-state index contributed by atoms with van der Waals surface area (Å²) >= 11 is 0. The van der Waals surface area contributed by atoms with Crippen molar-refractivity contribution in [1.82, 2.24) is 24.6 Å². The Hall–Kier alpha value is -2.22. The van der Waals surface area contributed by atoms with Gasteiger partial charge in [-0.2, -0.15) is 5.10 Å². The fraction of sp³-hybridized carbons (Fsp3) is 0.538. The first-order valence-electron chi connectivity index (χ1n) is 6.91. The van der Waals surface area contributed by atoms with E-state index in [1.165, 1.54) is 6.20 Å². The molecule has 0 amide bonds. The molecule has 2 saturated heterocycles. The van der Waals surface area contributed by atoms with E-state index in [4.69, 9.17) is 4.74 Å². The lowest BCUT2D eigenvalue weighted by Crippen LogP contribution is -2.26. The number of aromatic amines is 1. The minimum Gasteiger partial charge on any atom is -0.465 e. The number of cyclic esters (lactones) is 1. The Kier molecular flexibility index (Phi) is 2.61. The fourth-order valence-corrected chi connectivity index (χ4v) is 3.19. The Morgan fingerprint density at radius 1 is 1.43 bits per heavy atom. The first-order chi connectivity index (χ1) is 10.1. The average molecular weight is 289 g/mol. The van der Waals surface area contributed by atoms with Crippen molar-refractivity contribution < 1.29 is 9.53 Å². The van der Waals surface area contributed by atoms with Gasteiger partial charge in [0, 0.05) is 26.1 Å². The van der Waals surface area contributed by atoms with E-state index in [-0.39, 0.29) is 23.4 Å². The maximum atomic E-state index is 12.0. The van der Waals surface area contributed by atoms with Gasteiger partial charge in [0.2, 0.25) is 0 Å². The highest BCUT2D eigenvalue weighted by molar-refractivity contribution is 5.75. The molecule has 4 rings (SSSR count). The highest BCUT2D eigenvalue weighted by Crippen LogP contribution is 2.30. The zero-order chi connectivity index (χ0) is 14.6. The van der Waals surface area contributed by atoms with E-state index in [2.05, 4.69) is 20.0 Å². The minimum absolute atomic E-state index is 0.0304. The number of likely N-dealkylation sites (tertiary alicyclic amines) is 1. The van der Waals surface area contributed by atoms with Crippen molar-refractivity contribution in [3.63, 3.8) is 0 Å². The van der Waals surface area contributed by atoms with Gasteiger partial charge in [-0.05, 0) is 0 Å². The van der Waals surface area contributed by atoms with Crippen LogP contribution in [-0.2, 0) is 23.1 Å². The number of carbonyl (C=O) groups excluding carboxylic acids is 1. The van der Waals surface area contributed by atoms with Crippen LogP contribution in [0.3, 0.4) is 0 Å². The fourth-order valence-electron chi connectivity index (χ4n) is 3.19. The van der Waals surface area contributed by atoms with Crippen molar-refractivity contribution in [2.45, 2.75) is 6.54 Å². The number of esters is 1. The second-order valence-corrected chi connectivity index (χ2v) is 5.71. The molecular weight excluding hydrogens is 274 g/mol. The number of nitrogens with one attached hydrogen (secondary N) is 1. The molecule has 0 radical (unpaired) electrons. The summed E-state index contributed by atoms with van der Waals surface area (Å²) in [4.78, 5) is 32.9. The molecule has 0 unspecified atom stereocenters. The summed E-state index contributed by atoms with van der Waals surface area (Å²) in [6.45, 7) is 2.49. The van der Waals surface area contributed by atoms with Gasteiger partial charge in [0.1, 0.15) is 11.2 Å². The number of hydrogen-bond donors (Lipinski definition) is 1. The molecule has 2 aliphatic heterocycles. The highest BCUT2D eigenvalue weighted by Gasteiger charge is 2.43. The second-order valence-electron chi connectivity index (χ2n) is 5.71. The number of aromatic nitrogens is 4. The predicted octanol–water partition coefficient (Wildman–Crippen LogP) is -0.739. The molecule has 1 N–H and O–H groups in total. The third-order valence-electron chi connectivity index (χ3n) is 4.28. The van der Waals surface area contributed by atoms with Crippen molar-refractivity contribution in [3.8, 4) is 0 Å². The van der Waals surface area contributed by atoms with Crippen LogP contribution >= 0.6 is 0 Å². The summed E-state index contributed by atoms with van der Waals surface area (Å²) in [5.74, 6) is 0.734. The van der Waals surface area contributed by atoms with Crippen molar-refractivity contribution in [3.05, 3.63) is 22.4 Å². The molecule has 2 aromatic heterocycles. The number of nitrogens with zero attached hydrogens (tertiary/aromatic N) is 4. The molecule has 2 aliphatic rings. The van der Waals surface area contributed by atoms with Crippen LogP contribution in [0.15, 0.2) is 11.0 Å². The van der Waals surface area contributed by atoms with E-state index in [9.17, 15) is 9.59 Å². The third-order valence-corrected chi connectivity index (χ3v) is 4.28. The SMILES string of the molecule is Cn1ncc2c(=O)[nH]c(CN3C[C@@H]4COC(=O)[C@@H]4C3)nc21. The minimum atomic E-state index is -0.179. The molecule has 2 fully saturated rings. The second kappa shape index (κ2) is 4.39. The molecule has 0 bridgehead atoms. The highest BCUT2D eigenvalue weighted by atomic mass is 16.5. The van der Waals surface area contributed by atoms with Crippen LogP contribution in [0.1, 0.15) is 5.82 Å². The number of aryl methyl sites for hydroxylation is 1. The normalized spacial score (nSPS) is 25.5. The van der Waals surface area contributed by atoms with Gasteiger partial charge < -0.3 is 9.72 Å². The number of fused-ring (bicyclic) bond motifs is 2. The molecule has 8 nitrogen and oxygen atoms in total. The maximum absolute atomic E-state index is 12.0. The summed E-state index contributed by atoms with van der Waals surface area (Å²) in [5.41, 5.74) is 0.398. The summed E-state index contributed by atoms with van der Waals surface area (Å²) in [6.07, 6.45) is 1.52. The number of H-pyrrole nitrogens is 1. The third kappa shape index (κ3) is 1.94. The first-order valence-corrected chi connectivity index (χ1v) is 6.91. The van der Waals surface area contributed by atoms with Crippen LogP contribution in [0.5, 0.6) is 0 Å². The topological polar surface area (TPSA) is 93.1 Å². The van der Waals surface area contributed by atoms with Crippen molar-refractivity contribution in [2.24, 2.45) is 18.9 Å². The molecule has 0 spiro atoms. The van der Waals surface area contributed by atoms with Gasteiger partial charge >= 0.3 is 5.97 Å². The van der Waals surface area contributed by atoms with E-state index in [1.54, 1.807) is 11.7 Å². The number of rotatable bonds is 2. The van der Waals surface area contributed by atoms with Crippen molar-refractivity contribution in [1.29, 1.82) is 0 Å². The lowest BCUT2D eigenvalue weighted by molar-refractivity contribution is -0.141. The van der Waals surface area contributed by atoms with Crippen LogP contribution in [0.25, 0.3) is 11.0 Å². The number of ether oxygens (including phenoxy) is 1. The molecule has 21 heavy (non-hydrogen) atoms. The van der Waals surface area contributed by atoms with Crippen LogP contribution < -0.4 is 5.56 Å². The van der Waals surface area contributed by atoms with Gasteiger partial charge in [0.05, 0.1) is 25.3 Å². The molecule has 0 aromatic carbocycles. The van der Waals surface area contributed by atoms with Gasteiger partial charge in [0.25, 0.3) is 5.56 Å². The van der Waals surface area contributed by atoms with Gasteiger partial charge in [-0.15, -0.1) is 0 Å². The average Bonchev–Trinajstić information content (AvgIpc) is 3.09. The van der Waals surface area contributed by atoms with Gasteiger partial charge in [-0.3, -0.25) is 19.2 Å². The Morgan fingerprint density at radius 3 is 3.10 bits per heavy atom.